The molecule has 1 saturated heterocycles. The van der Waals surface area contributed by atoms with Crippen LogP contribution in [-0.2, 0) is 14.3 Å². The number of nitrogens with zero attached hydrogens (tertiary/aromatic N) is 1. The summed E-state index contributed by atoms with van der Waals surface area (Å²) in [6.07, 6.45) is -1.56. The fourth-order valence-electron chi connectivity index (χ4n) is 1.42. The molecule has 0 aromatic carbocycles. The van der Waals surface area contributed by atoms with Crippen LogP contribution in [0.1, 0.15) is 6.42 Å². The number of esters is 1. The van der Waals surface area contributed by atoms with Gasteiger partial charge >= 0.3 is 5.97 Å². The molecule has 1 aliphatic heterocycles. The van der Waals surface area contributed by atoms with E-state index in [1.54, 1.807) is 4.90 Å². The normalized spacial score (nSPS) is 18.4. The number of ether oxygens (including phenoxy) is 1. The Balaban J connectivity index is 2.40. The zero-order chi connectivity index (χ0) is 11.3. The van der Waals surface area contributed by atoms with Crippen LogP contribution >= 0.6 is 0 Å². The third-order valence-electron chi connectivity index (χ3n) is 2.30. The van der Waals surface area contributed by atoms with Gasteiger partial charge in [-0.1, -0.05) is 0 Å². The van der Waals surface area contributed by atoms with Crippen LogP contribution < -0.4 is 5.32 Å². The molecular formula is C9H16N2O4. The van der Waals surface area contributed by atoms with Gasteiger partial charge in [-0.2, -0.15) is 0 Å². The fourth-order valence-corrected chi connectivity index (χ4v) is 1.42. The van der Waals surface area contributed by atoms with Gasteiger partial charge in [0.1, 0.15) is 6.10 Å². The Labute approximate surface area is 88.2 Å². The molecule has 2 N–H and O–H groups in total. The van der Waals surface area contributed by atoms with Crippen molar-refractivity contribution in [2.75, 3.05) is 33.3 Å². The third kappa shape index (κ3) is 3.49. The maximum Gasteiger partial charge on any atom is 0.308 e. The van der Waals surface area contributed by atoms with E-state index in [4.69, 9.17) is 0 Å². The highest BCUT2D eigenvalue weighted by Gasteiger charge is 2.25. The molecule has 15 heavy (non-hydrogen) atoms. The summed E-state index contributed by atoms with van der Waals surface area (Å²) in [7, 11) is 1.23. The lowest BCUT2D eigenvalue weighted by molar-refractivity contribution is -0.150. The highest BCUT2D eigenvalue weighted by Crippen LogP contribution is 2.02. The summed E-state index contributed by atoms with van der Waals surface area (Å²) in [5.74, 6) is -0.979. The van der Waals surface area contributed by atoms with Crippen molar-refractivity contribution in [1.82, 2.24) is 10.2 Å². The van der Waals surface area contributed by atoms with Gasteiger partial charge in [0.15, 0.2) is 0 Å². The molecule has 6 heteroatoms. The van der Waals surface area contributed by atoms with Gasteiger partial charge in [-0.05, 0) is 0 Å². The van der Waals surface area contributed by atoms with Crippen molar-refractivity contribution in [3.05, 3.63) is 0 Å². The van der Waals surface area contributed by atoms with Gasteiger partial charge in [-0.25, -0.2) is 0 Å². The lowest BCUT2D eigenvalue weighted by atomic mass is 10.2. The highest BCUT2D eigenvalue weighted by atomic mass is 16.5. The van der Waals surface area contributed by atoms with Crippen LogP contribution in [0.4, 0.5) is 0 Å². The standard InChI is InChI=1S/C9H16N2O4/c1-15-8(13)6-7(12)9(14)11-4-2-10-3-5-11/h7,10,12H,2-6H2,1H3/t7-/m1/s1. The molecule has 1 rings (SSSR count). The van der Waals surface area contributed by atoms with Gasteiger partial charge in [0.05, 0.1) is 13.5 Å². The molecule has 0 unspecified atom stereocenters. The second-order valence-corrected chi connectivity index (χ2v) is 3.37. The van der Waals surface area contributed by atoms with Crippen molar-refractivity contribution in [1.29, 1.82) is 0 Å². The second kappa shape index (κ2) is 5.67. The average Bonchev–Trinajstić information content (AvgIpc) is 2.29. The lowest BCUT2D eigenvalue weighted by Gasteiger charge is -2.28. The quantitative estimate of drug-likeness (QED) is 0.552. The number of methoxy groups -OCH3 is 1. The van der Waals surface area contributed by atoms with E-state index in [9.17, 15) is 14.7 Å². The van der Waals surface area contributed by atoms with Crippen LogP contribution in [0.2, 0.25) is 0 Å². The summed E-state index contributed by atoms with van der Waals surface area (Å²) in [4.78, 5) is 24.0. The molecule has 0 saturated carbocycles. The number of hydrogen-bond donors (Lipinski definition) is 2. The van der Waals surface area contributed by atoms with E-state index in [0.717, 1.165) is 13.1 Å². The Morgan fingerprint density at radius 2 is 2.07 bits per heavy atom. The Morgan fingerprint density at radius 1 is 1.47 bits per heavy atom. The molecule has 0 spiro atoms. The molecule has 1 fully saturated rings. The van der Waals surface area contributed by atoms with Crippen LogP contribution in [0.5, 0.6) is 0 Å². The predicted molar refractivity (Wildman–Crippen MR) is 52.1 cm³/mol. The summed E-state index contributed by atoms with van der Waals surface area (Å²) in [5.41, 5.74) is 0. The first kappa shape index (κ1) is 11.9. The zero-order valence-corrected chi connectivity index (χ0v) is 8.73. The maximum absolute atomic E-state index is 11.6. The zero-order valence-electron chi connectivity index (χ0n) is 8.73. The average molecular weight is 216 g/mol. The maximum atomic E-state index is 11.6. The van der Waals surface area contributed by atoms with Crippen LogP contribution in [0.15, 0.2) is 0 Å². The van der Waals surface area contributed by atoms with E-state index >= 15 is 0 Å². The summed E-state index contributed by atoms with van der Waals surface area (Å²) < 4.78 is 4.38. The number of aliphatic hydroxyl groups excluding tert-OH is 1. The number of hydrogen-bond acceptors (Lipinski definition) is 5. The SMILES string of the molecule is COC(=O)C[C@@H](O)C(=O)N1CCNCC1. The van der Waals surface area contributed by atoms with Gasteiger partial charge < -0.3 is 20.1 Å². The number of carbonyl (C=O) groups excluding carboxylic acids is 2. The van der Waals surface area contributed by atoms with Gasteiger partial charge in [0, 0.05) is 26.2 Å². The van der Waals surface area contributed by atoms with Crippen molar-refractivity contribution >= 4 is 11.9 Å². The lowest BCUT2D eigenvalue weighted by Crippen LogP contribution is -2.50. The topological polar surface area (TPSA) is 78.9 Å². The molecule has 1 heterocycles. The minimum Gasteiger partial charge on any atom is -0.469 e. The minimum atomic E-state index is -1.28. The van der Waals surface area contributed by atoms with Crippen LogP contribution in [-0.4, -0.2) is 61.3 Å². The van der Waals surface area contributed by atoms with Crippen molar-refractivity contribution in [3.63, 3.8) is 0 Å². The van der Waals surface area contributed by atoms with Crippen molar-refractivity contribution in [2.45, 2.75) is 12.5 Å². The molecule has 0 aliphatic carbocycles. The number of amides is 1. The molecular weight excluding hydrogens is 200 g/mol. The molecule has 0 radical (unpaired) electrons. The summed E-state index contributed by atoms with van der Waals surface area (Å²) in [6.45, 7) is 2.57. The van der Waals surface area contributed by atoms with Crippen molar-refractivity contribution < 1.29 is 19.4 Å². The molecule has 0 bridgehead atoms. The Morgan fingerprint density at radius 3 is 2.60 bits per heavy atom. The summed E-state index contributed by atoms with van der Waals surface area (Å²) in [5, 5.41) is 12.6. The molecule has 0 aromatic heterocycles. The number of nitrogens with one attached hydrogen (secondary N) is 1. The first-order valence-electron chi connectivity index (χ1n) is 4.89. The Kier molecular flexibility index (Phi) is 4.51. The first-order valence-corrected chi connectivity index (χ1v) is 4.89. The van der Waals surface area contributed by atoms with Crippen LogP contribution in [0, 0.1) is 0 Å². The Bertz CT molecular complexity index is 238. The number of piperazine rings is 1. The summed E-state index contributed by atoms with van der Waals surface area (Å²) in [6, 6.07) is 0. The monoisotopic (exact) mass is 216 g/mol. The van der Waals surface area contributed by atoms with E-state index in [-0.39, 0.29) is 6.42 Å². The van der Waals surface area contributed by atoms with Crippen molar-refractivity contribution in [2.24, 2.45) is 0 Å². The van der Waals surface area contributed by atoms with E-state index in [0.29, 0.717) is 13.1 Å². The van der Waals surface area contributed by atoms with E-state index in [2.05, 4.69) is 10.1 Å². The highest BCUT2D eigenvalue weighted by molar-refractivity contribution is 5.85. The number of carbonyl (C=O) groups is 2. The fraction of sp³-hybridized carbons (Fsp3) is 0.778. The molecule has 1 amide bonds. The van der Waals surface area contributed by atoms with E-state index in [1.165, 1.54) is 7.11 Å². The molecule has 1 aliphatic rings. The molecule has 86 valence electrons. The van der Waals surface area contributed by atoms with Gasteiger partial charge in [0.25, 0.3) is 5.91 Å². The Hall–Kier alpha value is -1.14. The third-order valence-corrected chi connectivity index (χ3v) is 2.30. The largest absolute Gasteiger partial charge is 0.469 e. The van der Waals surface area contributed by atoms with Crippen molar-refractivity contribution in [3.8, 4) is 0 Å². The molecule has 1 atom stereocenters. The van der Waals surface area contributed by atoms with Crippen LogP contribution in [0.3, 0.4) is 0 Å². The van der Waals surface area contributed by atoms with Crippen LogP contribution in [0.25, 0.3) is 0 Å². The minimum absolute atomic E-state index is 0.279. The van der Waals surface area contributed by atoms with Gasteiger partial charge in [0.2, 0.25) is 0 Å². The number of aliphatic hydroxyl groups is 1. The smallest absolute Gasteiger partial charge is 0.308 e. The van der Waals surface area contributed by atoms with E-state index < -0.39 is 18.0 Å². The van der Waals surface area contributed by atoms with E-state index in [1.807, 2.05) is 0 Å². The second-order valence-electron chi connectivity index (χ2n) is 3.37. The number of rotatable bonds is 3. The van der Waals surface area contributed by atoms with Gasteiger partial charge in [-0.15, -0.1) is 0 Å². The molecule has 6 nitrogen and oxygen atoms in total. The molecule has 0 aromatic rings. The predicted octanol–water partition coefficient (Wildman–Crippen LogP) is -1.66. The van der Waals surface area contributed by atoms with Gasteiger partial charge in [-0.3, -0.25) is 9.59 Å². The summed E-state index contributed by atoms with van der Waals surface area (Å²) >= 11 is 0. The first-order chi connectivity index (χ1) is 7.15.